The first-order valence-corrected chi connectivity index (χ1v) is 13.5. The highest BCUT2D eigenvalue weighted by Gasteiger charge is 2.25. The van der Waals surface area contributed by atoms with Crippen molar-refractivity contribution in [2.45, 2.75) is 44.8 Å². The van der Waals surface area contributed by atoms with Gasteiger partial charge in [0, 0.05) is 36.1 Å². The maximum atomic E-state index is 15.1. The zero-order chi connectivity index (χ0) is 27.4. The number of fused-ring (bicyclic) bond motifs is 1. The molecule has 5 aromatic rings. The molecule has 40 heavy (non-hydrogen) atoms. The third-order valence-corrected chi connectivity index (χ3v) is 7.65. The second-order valence-corrected chi connectivity index (χ2v) is 10.7. The van der Waals surface area contributed by atoms with Gasteiger partial charge in [0.05, 0.1) is 35.3 Å². The molecule has 2 aliphatic carbocycles. The summed E-state index contributed by atoms with van der Waals surface area (Å²) in [7, 11) is 0. The third kappa shape index (κ3) is 4.60. The summed E-state index contributed by atoms with van der Waals surface area (Å²) in [6.45, 7) is 0.511. The van der Waals surface area contributed by atoms with Crippen LogP contribution in [0.3, 0.4) is 0 Å². The summed E-state index contributed by atoms with van der Waals surface area (Å²) < 4.78 is 18.4. The van der Waals surface area contributed by atoms with Gasteiger partial charge in [-0.15, -0.1) is 0 Å². The van der Waals surface area contributed by atoms with Crippen molar-refractivity contribution in [3.63, 3.8) is 0 Å². The van der Waals surface area contributed by atoms with E-state index < -0.39 is 11.4 Å². The molecule has 9 nitrogen and oxygen atoms in total. The van der Waals surface area contributed by atoms with E-state index >= 15 is 4.39 Å². The van der Waals surface area contributed by atoms with Gasteiger partial charge < -0.3 is 16.2 Å². The van der Waals surface area contributed by atoms with E-state index in [9.17, 15) is 9.90 Å². The SMILES string of the molecule is Nc1cc(-c2cccc(-n3ccc4cc(C5CC5)cc(F)c4c3=O)c2CO)nc(Nc2cnn(CC3CC3)c2)n1. The third-order valence-electron chi connectivity index (χ3n) is 7.65. The standard InChI is InChI=1S/C30H28FN7O2/c31-24-11-20(18-6-7-18)10-19-8-9-38(29(40)28(19)24)26-3-1-2-22(23(26)16-39)25-12-27(32)36-30(35-25)34-21-13-33-37(15-21)14-17-4-5-17/h1-3,8-13,15,17-18,39H,4-7,14,16H2,(H3,32,34,35,36). The number of nitrogens with one attached hydrogen (secondary N) is 1. The molecule has 0 unspecified atom stereocenters. The molecule has 202 valence electrons. The number of halogens is 1. The van der Waals surface area contributed by atoms with E-state index in [0.717, 1.165) is 30.6 Å². The first kappa shape index (κ1) is 24.5. The smallest absolute Gasteiger partial charge is 0.265 e. The van der Waals surface area contributed by atoms with Crippen molar-refractivity contribution >= 4 is 28.2 Å². The lowest BCUT2D eigenvalue weighted by atomic mass is 10.0. The van der Waals surface area contributed by atoms with E-state index in [1.807, 2.05) is 16.9 Å². The van der Waals surface area contributed by atoms with Crippen LogP contribution in [0.5, 0.6) is 0 Å². The van der Waals surface area contributed by atoms with Crippen LogP contribution in [-0.2, 0) is 13.2 Å². The average molecular weight is 538 g/mol. The van der Waals surface area contributed by atoms with Crippen molar-refractivity contribution < 1.29 is 9.50 Å². The van der Waals surface area contributed by atoms with Crippen LogP contribution in [0.1, 0.15) is 42.7 Å². The quantitative estimate of drug-likeness (QED) is 0.257. The van der Waals surface area contributed by atoms with Crippen molar-refractivity contribution in [3.05, 3.63) is 88.4 Å². The number of aliphatic hydroxyl groups is 1. The predicted molar refractivity (Wildman–Crippen MR) is 151 cm³/mol. The molecular weight excluding hydrogens is 509 g/mol. The summed E-state index contributed by atoms with van der Waals surface area (Å²) in [6.07, 6.45) is 9.81. The monoisotopic (exact) mass is 537 g/mol. The molecule has 2 saturated carbocycles. The van der Waals surface area contributed by atoms with E-state index in [1.165, 1.54) is 23.5 Å². The number of pyridine rings is 1. The lowest BCUT2D eigenvalue weighted by molar-refractivity contribution is 0.282. The summed E-state index contributed by atoms with van der Waals surface area (Å²) in [5, 5.41) is 18.6. The van der Waals surface area contributed by atoms with Gasteiger partial charge in [0.2, 0.25) is 5.95 Å². The lowest BCUT2D eigenvalue weighted by Crippen LogP contribution is -2.20. The normalized spacial score (nSPS) is 15.1. The second-order valence-electron chi connectivity index (χ2n) is 10.7. The maximum absolute atomic E-state index is 15.1. The van der Waals surface area contributed by atoms with Crippen LogP contribution >= 0.6 is 0 Å². The molecule has 7 rings (SSSR count). The molecule has 0 spiro atoms. The number of aliphatic hydroxyl groups excluding tert-OH is 1. The highest BCUT2D eigenvalue weighted by molar-refractivity contribution is 5.84. The van der Waals surface area contributed by atoms with Crippen LogP contribution < -0.4 is 16.6 Å². The molecule has 0 amide bonds. The van der Waals surface area contributed by atoms with Gasteiger partial charge in [-0.05, 0) is 66.7 Å². The van der Waals surface area contributed by atoms with Crippen LogP contribution in [-0.4, -0.2) is 29.4 Å². The maximum Gasteiger partial charge on any atom is 0.265 e. The Morgan fingerprint density at radius 2 is 1.95 bits per heavy atom. The molecule has 0 atom stereocenters. The van der Waals surface area contributed by atoms with Crippen molar-refractivity contribution in [2.75, 3.05) is 11.1 Å². The van der Waals surface area contributed by atoms with Crippen molar-refractivity contribution in [2.24, 2.45) is 5.92 Å². The van der Waals surface area contributed by atoms with Gasteiger partial charge in [0.1, 0.15) is 11.6 Å². The molecule has 2 fully saturated rings. The van der Waals surface area contributed by atoms with Crippen molar-refractivity contribution in [1.29, 1.82) is 0 Å². The van der Waals surface area contributed by atoms with E-state index in [-0.39, 0.29) is 23.8 Å². The Labute approximate surface area is 229 Å². The van der Waals surface area contributed by atoms with Gasteiger partial charge in [-0.3, -0.25) is 14.0 Å². The van der Waals surface area contributed by atoms with Crippen LogP contribution in [0, 0.1) is 11.7 Å². The van der Waals surface area contributed by atoms with Gasteiger partial charge in [-0.25, -0.2) is 9.37 Å². The first-order chi connectivity index (χ1) is 19.5. The first-order valence-electron chi connectivity index (χ1n) is 13.5. The number of hydrogen-bond acceptors (Lipinski definition) is 7. The van der Waals surface area contributed by atoms with Crippen LogP contribution in [0.15, 0.2) is 65.8 Å². The minimum absolute atomic E-state index is 0.0289. The molecule has 10 heteroatoms. The van der Waals surface area contributed by atoms with Crippen LogP contribution in [0.25, 0.3) is 27.7 Å². The molecule has 0 bridgehead atoms. The molecular formula is C30H28FN7O2. The van der Waals surface area contributed by atoms with Gasteiger partial charge in [-0.2, -0.15) is 10.1 Å². The van der Waals surface area contributed by atoms with E-state index in [1.54, 1.807) is 42.7 Å². The second kappa shape index (κ2) is 9.56. The molecule has 4 N–H and O–H groups in total. The molecule has 2 aromatic carbocycles. The number of nitrogen functional groups attached to an aromatic ring is 1. The number of nitrogens with two attached hydrogens (primary N) is 1. The van der Waals surface area contributed by atoms with Crippen molar-refractivity contribution in [1.82, 2.24) is 24.3 Å². The van der Waals surface area contributed by atoms with E-state index in [2.05, 4.69) is 20.4 Å². The molecule has 0 radical (unpaired) electrons. The Hall–Kier alpha value is -4.57. The van der Waals surface area contributed by atoms with Gasteiger partial charge >= 0.3 is 0 Å². The Bertz CT molecular complexity index is 1820. The van der Waals surface area contributed by atoms with E-state index in [0.29, 0.717) is 39.7 Å². The minimum atomic E-state index is -0.528. The lowest BCUT2D eigenvalue weighted by Gasteiger charge is -2.16. The highest BCUT2D eigenvalue weighted by atomic mass is 19.1. The zero-order valence-corrected chi connectivity index (χ0v) is 21.7. The van der Waals surface area contributed by atoms with E-state index in [4.69, 9.17) is 5.73 Å². The predicted octanol–water partition coefficient (Wildman–Crippen LogP) is 4.89. The fourth-order valence-electron chi connectivity index (χ4n) is 5.28. The van der Waals surface area contributed by atoms with Gasteiger partial charge in [0.25, 0.3) is 5.56 Å². The Balaban J connectivity index is 1.26. The van der Waals surface area contributed by atoms with Crippen LogP contribution in [0.4, 0.5) is 21.8 Å². The summed E-state index contributed by atoms with van der Waals surface area (Å²) in [5.41, 5.74) is 9.27. The summed E-state index contributed by atoms with van der Waals surface area (Å²) in [5.74, 6) is 1.06. The molecule has 3 heterocycles. The topological polar surface area (TPSA) is 124 Å². The molecule has 0 aliphatic heterocycles. The highest BCUT2D eigenvalue weighted by Crippen LogP contribution is 2.41. The van der Waals surface area contributed by atoms with Gasteiger partial charge in [0.15, 0.2) is 0 Å². The summed E-state index contributed by atoms with van der Waals surface area (Å²) in [4.78, 5) is 22.5. The number of aromatic nitrogens is 5. The Kier molecular flexibility index (Phi) is 5.85. The Morgan fingerprint density at radius 1 is 1.10 bits per heavy atom. The number of rotatable bonds is 8. The van der Waals surface area contributed by atoms with Crippen molar-refractivity contribution in [3.8, 4) is 16.9 Å². The molecule has 2 aliphatic rings. The fourth-order valence-corrected chi connectivity index (χ4v) is 5.28. The summed E-state index contributed by atoms with van der Waals surface area (Å²) in [6, 6.07) is 12.0. The fraction of sp³-hybridized carbons (Fsp3) is 0.267. The zero-order valence-electron chi connectivity index (χ0n) is 21.7. The average Bonchev–Trinajstić information content (AvgIpc) is 3.87. The number of benzene rings is 2. The number of anilines is 3. The number of hydrogen-bond donors (Lipinski definition) is 3. The molecule has 3 aromatic heterocycles. The largest absolute Gasteiger partial charge is 0.392 e. The van der Waals surface area contributed by atoms with Gasteiger partial charge in [-0.1, -0.05) is 18.2 Å². The Morgan fingerprint density at radius 3 is 2.73 bits per heavy atom. The summed E-state index contributed by atoms with van der Waals surface area (Å²) >= 11 is 0. The molecule has 0 saturated heterocycles. The van der Waals surface area contributed by atoms with Crippen LogP contribution in [0.2, 0.25) is 0 Å². The minimum Gasteiger partial charge on any atom is -0.392 e. The number of nitrogens with zero attached hydrogens (tertiary/aromatic N) is 5.